The Hall–Kier alpha value is -2.93. The van der Waals surface area contributed by atoms with Crippen molar-refractivity contribution in [2.45, 2.75) is 6.92 Å². The van der Waals surface area contributed by atoms with Crippen molar-refractivity contribution < 1.29 is 0 Å². The molecule has 0 radical (unpaired) electrons. The summed E-state index contributed by atoms with van der Waals surface area (Å²) in [6.45, 7) is 1.94. The third kappa shape index (κ3) is 1.24. The smallest absolute Gasteiger partial charge is 0.164 e. The molecule has 1 aromatic carbocycles. The van der Waals surface area contributed by atoms with Gasteiger partial charge < -0.3 is 0 Å². The summed E-state index contributed by atoms with van der Waals surface area (Å²) in [6, 6.07) is 14.0. The van der Waals surface area contributed by atoms with Gasteiger partial charge in [-0.25, -0.2) is 9.97 Å². The highest BCUT2D eigenvalue weighted by molar-refractivity contribution is 6.01. The SMILES string of the molecule is Cc1c(C#N)c2ccccc2c2nc3cccnc3n12. The first-order chi connectivity index (χ1) is 9.81. The molecule has 0 saturated carbocycles. The molecule has 94 valence electrons. The number of aryl methyl sites for hydroxylation is 1. The van der Waals surface area contributed by atoms with Crippen LogP contribution >= 0.6 is 0 Å². The molecule has 4 heteroatoms. The summed E-state index contributed by atoms with van der Waals surface area (Å²) in [5.41, 5.74) is 4.05. The van der Waals surface area contributed by atoms with Gasteiger partial charge in [-0.3, -0.25) is 4.40 Å². The lowest BCUT2D eigenvalue weighted by Gasteiger charge is -2.08. The Balaban J connectivity index is 2.42. The predicted octanol–water partition coefficient (Wildman–Crippen LogP) is 3.22. The number of hydrogen-bond donors (Lipinski definition) is 0. The van der Waals surface area contributed by atoms with E-state index in [-0.39, 0.29) is 0 Å². The van der Waals surface area contributed by atoms with Crippen LogP contribution in [0.15, 0.2) is 42.6 Å². The molecule has 4 nitrogen and oxygen atoms in total. The number of hydrogen-bond acceptors (Lipinski definition) is 3. The second kappa shape index (κ2) is 3.78. The number of aromatic nitrogens is 3. The zero-order chi connectivity index (χ0) is 13.7. The molecule has 0 spiro atoms. The third-order valence-electron chi connectivity index (χ3n) is 3.66. The van der Waals surface area contributed by atoms with Gasteiger partial charge in [-0.2, -0.15) is 5.26 Å². The number of nitrogens with zero attached hydrogens (tertiary/aromatic N) is 4. The Labute approximate surface area is 114 Å². The van der Waals surface area contributed by atoms with Gasteiger partial charge >= 0.3 is 0 Å². The minimum atomic E-state index is 0.679. The van der Waals surface area contributed by atoms with E-state index in [0.717, 1.165) is 33.3 Å². The molecule has 20 heavy (non-hydrogen) atoms. The van der Waals surface area contributed by atoms with Crippen LogP contribution in [0.1, 0.15) is 11.3 Å². The molecule has 3 heterocycles. The van der Waals surface area contributed by atoms with Crippen LogP contribution in [0, 0.1) is 18.3 Å². The average molecular weight is 258 g/mol. The van der Waals surface area contributed by atoms with E-state index in [1.54, 1.807) is 6.20 Å². The van der Waals surface area contributed by atoms with Crippen LogP contribution in [-0.2, 0) is 0 Å². The molecule has 0 saturated heterocycles. The molecule has 0 unspecified atom stereocenters. The van der Waals surface area contributed by atoms with Gasteiger partial charge in [0.2, 0.25) is 0 Å². The quantitative estimate of drug-likeness (QED) is 0.486. The van der Waals surface area contributed by atoms with Crippen LogP contribution in [-0.4, -0.2) is 14.4 Å². The van der Waals surface area contributed by atoms with Crippen LogP contribution < -0.4 is 0 Å². The minimum Gasteiger partial charge on any atom is -0.279 e. The molecule has 4 rings (SSSR count). The maximum Gasteiger partial charge on any atom is 0.164 e. The van der Waals surface area contributed by atoms with Crippen molar-refractivity contribution in [3.8, 4) is 6.07 Å². The molecule has 0 amide bonds. The van der Waals surface area contributed by atoms with Crippen molar-refractivity contribution in [3.05, 3.63) is 53.9 Å². The molecule has 0 bridgehead atoms. The Morgan fingerprint density at radius 1 is 1.05 bits per heavy atom. The zero-order valence-electron chi connectivity index (χ0n) is 10.8. The summed E-state index contributed by atoms with van der Waals surface area (Å²) in [5, 5.41) is 11.4. The van der Waals surface area contributed by atoms with E-state index in [2.05, 4.69) is 16.0 Å². The molecule has 3 aromatic heterocycles. The van der Waals surface area contributed by atoms with Crippen molar-refractivity contribution in [2.24, 2.45) is 0 Å². The summed E-state index contributed by atoms with van der Waals surface area (Å²) in [5.74, 6) is 0. The van der Waals surface area contributed by atoms with Crippen LogP contribution in [0.4, 0.5) is 0 Å². The van der Waals surface area contributed by atoms with Gasteiger partial charge in [-0.1, -0.05) is 24.3 Å². The molecule has 0 atom stereocenters. The summed E-state index contributed by atoms with van der Waals surface area (Å²) in [4.78, 5) is 9.07. The highest BCUT2D eigenvalue weighted by Crippen LogP contribution is 2.28. The van der Waals surface area contributed by atoms with Gasteiger partial charge in [0.05, 0.1) is 5.56 Å². The van der Waals surface area contributed by atoms with E-state index in [0.29, 0.717) is 5.56 Å². The van der Waals surface area contributed by atoms with E-state index in [1.807, 2.05) is 47.7 Å². The standard InChI is InChI=1S/C16H10N4/c1-10-13(9-17)11-5-2-3-6-12(11)15-19-14-7-4-8-18-16(14)20(10)15/h2-8H,1H3. The van der Waals surface area contributed by atoms with Crippen LogP contribution in [0.5, 0.6) is 0 Å². The number of nitriles is 1. The van der Waals surface area contributed by atoms with Gasteiger partial charge in [0.1, 0.15) is 17.2 Å². The number of fused-ring (bicyclic) bond motifs is 5. The second-order valence-corrected chi connectivity index (χ2v) is 4.73. The van der Waals surface area contributed by atoms with Gasteiger partial charge in [0.15, 0.2) is 5.65 Å². The van der Waals surface area contributed by atoms with Crippen molar-refractivity contribution in [1.29, 1.82) is 5.26 Å². The zero-order valence-corrected chi connectivity index (χ0v) is 10.8. The summed E-state index contributed by atoms with van der Waals surface area (Å²) >= 11 is 0. The summed E-state index contributed by atoms with van der Waals surface area (Å²) in [6.07, 6.45) is 1.75. The first-order valence-corrected chi connectivity index (χ1v) is 6.36. The molecule has 0 N–H and O–H groups in total. The molecular weight excluding hydrogens is 248 g/mol. The molecule has 0 aliphatic rings. The Kier molecular flexibility index (Phi) is 2.07. The number of rotatable bonds is 0. The fourth-order valence-electron chi connectivity index (χ4n) is 2.75. The van der Waals surface area contributed by atoms with Gasteiger partial charge in [0.25, 0.3) is 0 Å². The first-order valence-electron chi connectivity index (χ1n) is 6.36. The van der Waals surface area contributed by atoms with Gasteiger partial charge in [-0.15, -0.1) is 0 Å². The largest absolute Gasteiger partial charge is 0.279 e. The van der Waals surface area contributed by atoms with Gasteiger partial charge in [-0.05, 0) is 19.1 Å². The summed E-state index contributed by atoms with van der Waals surface area (Å²) < 4.78 is 1.97. The topological polar surface area (TPSA) is 54.0 Å². The monoisotopic (exact) mass is 258 g/mol. The lowest BCUT2D eigenvalue weighted by molar-refractivity contribution is 1.10. The number of benzene rings is 1. The molecule has 0 fully saturated rings. The first kappa shape index (κ1) is 10.9. The Bertz CT molecular complexity index is 1020. The van der Waals surface area contributed by atoms with Crippen LogP contribution in [0.25, 0.3) is 27.6 Å². The molecule has 0 aliphatic heterocycles. The number of pyridine rings is 2. The fraction of sp³-hybridized carbons (Fsp3) is 0.0625. The van der Waals surface area contributed by atoms with Crippen molar-refractivity contribution >= 4 is 27.6 Å². The van der Waals surface area contributed by atoms with Crippen LogP contribution in [0.3, 0.4) is 0 Å². The second-order valence-electron chi connectivity index (χ2n) is 4.73. The molecule has 4 aromatic rings. The number of imidazole rings is 1. The maximum absolute atomic E-state index is 9.48. The van der Waals surface area contributed by atoms with Crippen molar-refractivity contribution in [2.75, 3.05) is 0 Å². The Morgan fingerprint density at radius 2 is 1.85 bits per heavy atom. The normalized spacial score (nSPS) is 11.2. The van der Waals surface area contributed by atoms with E-state index in [9.17, 15) is 5.26 Å². The molecule has 0 aliphatic carbocycles. The minimum absolute atomic E-state index is 0.679. The third-order valence-corrected chi connectivity index (χ3v) is 3.66. The highest BCUT2D eigenvalue weighted by atomic mass is 15.1. The van der Waals surface area contributed by atoms with E-state index < -0.39 is 0 Å². The lowest BCUT2D eigenvalue weighted by atomic mass is 10.1. The average Bonchev–Trinajstić information content (AvgIpc) is 2.88. The van der Waals surface area contributed by atoms with Crippen molar-refractivity contribution in [3.63, 3.8) is 0 Å². The molecular formula is C16H10N4. The lowest BCUT2D eigenvalue weighted by Crippen LogP contribution is -1.98. The summed E-state index contributed by atoms with van der Waals surface area (Å²) in [7, 11) is 0. The van der Waals surface area contributed by atoms with Crippen molar-refractivity contribution in [1.82, 2.24) is 14.4 Å². The Morgan fingerprint density at radius 3 is 2.65 bits per heavy atom. The fourth-order valence-corrected chi connectivity index (χ4v) is 2.75. The maximum atomic E-state index is 9.48. The predicted molar refractivity (Wildman–Crippen MR) is 77.5 cm³/mol. The van der Waals surface area contributed by atoms with Gasteiger partial charge in [0, 0.05) is 22.7 Å². The van der Waals surface area contributed by atoms with Crippen LogP contribution in [0.2, 0.25) is 0 Å². The van der Waals surface area contributed by atoms with E-state index in [4.69, 9.17) is 0 Å². The highest BCUT2D eigenvalue weighted by Gasteiger charge is 2.15. The van der Waals surface area contributed by atoms with E-state index in [1.165, 1.54) is 0 Å². The van der Waals surface area contributed by atoms with E-state index >= 15 is 0 Å².